The Hall–Kier alpha value is -3.56. The van der Waals surface area contributed by atoms with E-state index in [4.69, 9.17) is 10.5 Å². The van der Waals surface area contributed by atoms with Gasteiger partial charge in [-0.1, -0.05) is 12.1 Å². The maximum atomic E-state index is 13.1. The highest BCUT2D eigenvalue weighted by atomic mass is 16.5. The predicted molar refractivity (Wildman–Crippen MR) is 117 cm³/mol. The number of carbonyl (C=O) groups excluding carboxylic acids is 2. The summed E-state index contributed by atoms with van der Waals surface area (Å²) < 4.78 is 7.04. The Kier molecular flexibility index (Phi) is 6.78. The van der Waals surface area contributed by atoms with Crippen LogP contribution in [0.2, 0.25) is 0 Å². The van der Waals surface area contributed by atoms with Gasteiger partial charge in [0.25, 0.3) is 5.56 Å². The third-order valence-corrected chi connectivity index (χ3v) is 5.24. The first-order chi connectivity index (χ1) is 14.8. The molecule has 2 aromatic rings. The second-order valence-electron chi connectivity index (χ2n) is 7.33. The van der Waals surface area contributed by atoms with Gasteiger partial charge in [-0.3, -0.25) is 14.2 Å². The minimum atomic E-state index is -0.683. The van der Waals surface area contributed by atoms with Gasteiger partial charge in [0.1, 0.15) is 18.1 Å². The number of ether oxygens (including phenoxy) is 1. The van der Waals surface area contributed by atoms with Crippen LogP contribution in [0.5, 0.6) is 0 Å². The summed E-state index contributed by atoms with van der Waals surface area (Å²) >= 11 is 0. The fourth-order valence-electron chi connectivity index (χ4n) is 3.63. The number of carbonyl (C=O) groups is 2. The molecular weight excluding hydrogens is 402 g/mol. The van der Waals surface area contributed by atoms with E-state index in [1.165, 1.54) is 17.7 Å². The Morgan fingerprint density at radius 3 is 2.48 bits per heavy atom. The molecule has 0 saturated carbocycles. The Labute approximate surface area is 179 Å². The molecule has 0 radical (unpaired) electrons. The molecule has 1 aliphatic rings. The molecule has 2 heterocycles. The van der Waals surface area contributed by atoms with Crippen molar-refractivity contribution < 1.29 is 14.3 Å². The second kappa shape index (κ2) is 9.50. The molecule has 10 heteroatoms. The van der Waals surface area contributed by atoms with Crippen molar-refractivity contribution in [2.75, 3.05) is 35.6 Å². The summed E-state index contributed by atoms with van der Waals surface area (Å²) in [7, 11) is 1.47. The molecule has 1 amide bonds. The van der Waals surface area contributed by atoms with Gasteiger partial charge in [0.2, 0.25) is 5.91 Å². The molecule has 3 N–H and O–H groups in total. The van der Waals surface area contributed by atoms with E-state index >= 15 is 0 Å². The van der Waals surface area contributed by atoms with E-state index in [2.05, 4.69) is 5.32 Å². The number of piperidine rings is 1. The maximum Gasteiger partial charge on any atom is 0.340 e. The van der Waals surface area contributed by atoms with Crippen LogP contribution in [-0.2, 0) is 23.1 Å². The summed E-state index contributed by atoms with van der Waals surface area (Å²) in [6, 6.07) is 6.37. The van der Waals surface area contributed by atoms with Crippen LogP contribution in [-0.4, -0.2) is 40.7 Å². The van der Waals surface area contributed by atoms with E-state index in [9.17, 15) is 19.2 Å². The number of esters is 1. The number of benzene rings is 1. The van der Waals surface area contributed by atoms with Crippen molar-refractivity contribution in [3.8, 4) is 0 Å². The number of rotatable bonds is 6. The zero-order valence-corrected chi connectivity index (χ0v) is 17.7. The highest BCUT2D eigenvalue weighted by molar-refractivity contribution is 6.01. The third-order valence-electron chi connectivity index (χ3n) is 5.24. The van der Waals surface area contributed by atoms with Crippen LogP contribution >= 0.6 is 0 Å². The normalized spacial score (nSPS) is 13.7. The largest absolute Gasteiger partial charge is 0.462 e. The van der Waals surface area contributed by atoms with E-state index in [0.717, 1.165) is 23.8 Å². The first-order valence-corrected chi connectivity index (χ1v) is 10.2. The lowest BCUT2D eigenvalue weighted by molar-refractivity contribution is -0.116. The fourth-order valence-corrected chi connectivity index (χ4v) is 3.63. The molecule has 10 nitrogen and oxygen atoms in total. The molecule has 0 spiro atoms. The SMILES string of the molecule is CCOC(=O)c1ccccc1NC(=O)Cn1c(=O)c(N2CCCCC2)c(N)n(C)c1=O. The van der Waals surface area contributed by atoms with Gasteiger partial charge in [-0.15, -0.1) is 0 Å². The standard InChI is InChI=1S/C21H27N5O5/c1-3-31-20(29)14-9-5-6-10-15(14)23-16(27)13-26-19(28)17(18(22)24(2)21(26)30)25-11-7-4-8-12-25/h5-6,9-10H,3-4,7-8,11-13,22H2,1-2H3,(H,23,27). The van der Waals surface area contributed by atoms with Crippen LogP contribution in [0.1, 0.15) is 36.5 Å². The van der Waals surface area contributed by atoms with Crippen LogP contribution in [0.25, 0.3) is 0 Å². The van der Waals surface area contributed by atoms with Crippen molar-refractivity contribution in [1.82, 2.24) is 9.13 Å². The lowest BCUT2D eigenvalue weighted by atomic mass is 10.1. The lowest BCUT2D eigenvalue weighted by Gasteiger charge is -2.29. The molecule has 0 bridgehead atoms. The zero-order chi connectivity index (χ0) is 22.5. The van der Waals surface area contributed by atoms with Gasteiger partial charge >= 0.3 is 11.7 Å². The van der Waals surface area contributed by atoms with Gasteiger partial charge in [0, 0.05) is 20.1 Å². The summed E-state index contributed by atoms with van der Waals surface area (Å²) in [6.45, 7) is 2.69. The van der Waals surface area contributed by atoms with Crippen LogP contribution < -0.4 is 27.2 Å². The number of nitrogens with one attached hydrogen (secondary N) is 1. The average Bonchev–Trinajstić information content (AvgIpc) is 2.77. The molecule has 1 aliphatic heterocycles. The van der Waals surface area contributed by atoms with Gasteiger partial charge < -0.3 is 20.7 Å². The molecule has 31 heavy (non-hydrogen) atoms. The first kappa shape index (κ1) is 22.1. The summed E-state index contributed by atoms with van der Waals surface area (Å²) in [6.07, 6.45) is 2.92. The summed E-state index contributed by atoms with van der Waals surface area (Å²) in [5, 5.41) is 2.59. The number of nitrogens with two attached hydrogens (primary N) is 1. The van der Waals surface area contributed by atoms with Gasteiger partial charge in [-0.25, -0.2) is 14.2 Å². The number of nitrogens with zero attached hydrogens (tertiary/aromatic N) is 3. The van der Waals surface area contributed by atoms with Crippen molar-refractivity contribution in [3.63, 3.8) is 0 Å². The van der Waals surface area contributed by atoms with Crippen molar-refractivity contribution >= 4 is 29.1 Å². The van der Waals surface area contributed by atoms with Gasteiger partial charge in [-0.05, 0) is 38.3 Å². The van der Waals surface area contributed by atoms with Crippen LogP contribution in [0.15, 0.2) is 33.9 Å². The topological polar surface area (TPSA) is 129 Å². The molecule has 1 aromatic carbocycles. The zero-order valence-electron chi connectivity index (χ0n) is 17.7. The average molecular weight is 429 g/mol. The van der Waals surface area contributed by atoms with Crippen LogP contribution in [0, 0.1) is 0 Å². The number of para-hydroxylation sites is 1. The Bertz CT molecular complexity index is 1100. The fraction of sp³-hybridized carbons (Fsp3) is 0.429. The smallest absolute Gasteiger partial charge is 0.340 e. The van der Waals surface area contributed by atoms with Crippen molar-refractivity contribution in [1.29, 1.82) is 0 Å². The minimum Gasteiger partial charge on any atom is -0.462 e. The number of anilines is 3. The Balaban J connectivity index is 1.91. The molecule has 1 aromatic heterocycles. The van der Waals surface area contributed by atoms with E-state index in [0.29, 0.717) is 13.1 Å². The first-order valence-electron chi connectivity index (χ1n) is 10.2. The third kappa shape index (κ3) is 4.62. The quantitative estimate of drug-likeness (QED) is 0.654. The second-order valence-corrected chi connectivity index (χ2v) is 7.33. The summed E-state index contributed by atoms with van der Waals surface area (Å²) in [5.74, 6) is -1.11. The highest BCUT2D eigenvalue weighted by Crippen LogP contribution is 2.21. The number of hydrogen-bond acceptors (Lipinski definition) is 7. The Morgan fingerprint density at radius 1 is 1.13 bits per heavy atom. The summed E-state index contributed by atoms with van der Waals surface area (Å²) in [5.41, 5.74) is 5.45. The van der Waals surface area contributed by atoms with E-state index in [-0.39, 0.29) is 29.4 Å². The van der Waals surface area contributed by atoms with Crippen LogP contribution in [0.3, 0.4) is 0 Å². The molecule has 1 fully saturated rings. The lowest BCUT2D eigenvalue weighted by Crippen LogP contribution is -2.46. The van der Waals surface area contributed by atoms with Gasteiger partial charge in [-0.2, -0.15) is 0 Å². The van der Waals surface area contributed by atoms with Crippen LogP contribution in [0.4, 0.5) is 17.2 Å². The van der Waals surface area contributed by atoms with Gasteiger partial charge in [0.15, 0.2) is 0 Å². The number of hydrogen-bond donors (Lipinski definition) is 2. The maximum absolute atomic E-state index is 13.1. The molecule has 1 saturated heterocycles. The monoisotopic (exact) mass is 429 g/mol. The highest BCUT2D eigenvalue weighted by Gasteiger charge is 2.23. The molecule has 0 unspecified atom stereocenters. The number of amides is 1. The number of nitrogen functional groups attached to an aromatic ring is 1. The number of aromatic nitrogens is 2. The van der Waals surface area contributed by atoms with E-state index in [1.807, 2.05) is 4.90 Å². The predicted octanol–water partition coefficient (Wildman–Crippen LogP) is 0.935. The summed E-state index contributed by atoms with van der Waals surface area (Å²) in [4.78, 5) is 52.4. The Morgan fingerprint density at radius 2 is 1.81 bits per heavy atom. The van der Waals surface area contributed by atoms with Crippen molar-refractivity contribution in [2.24, 2.45) is 7.05 Å². The van der Waals surface area contributed by atoms with Crippen molar-refractivity contribution in [3.05, 3.63) is 50.7 Å². The molecule has 166 valence electrons. The van der Waals surface area contributed by atoms with Gasteiger partial charge in [0.05, 0.1) is 17.9 Å². The van der Waals surface area contributed by atoms with E-state index < -0.39 is 29.7 Å². The van der Waals surface area contributed by atoms with Crippen molar-refractivity contribution in [2.45, 2.75) is 32.7 Å². The minimum absolute atomic E-state index is 0.0845. The molecule has 3 rings (SSSR count). The molecule has 0 atom stereocenters. The van der Waals surface area contributed by atoms with E-state index in [1.54, 1.807) is 25.1 Å². The molecule has 0 aliphatic carbocycles. The molecular formula is C21H27N5O5.